The number of nitrogens with zero attached hydrogens (tertiary/aromatic N) is 5. The fourth-order valence-electron chi connectivity index (χ4n) is 2.78. The number of rotatable bonds is 4. The van der Waals surface area contributed by atoms with Gasteiger partial charge in [0, 0.05) is 31.2 Å². The second-order valence-electron chi connectivity index (χ2n) is 6.94. The highest BCUT2D eigenvalue weighted by molar-refractivity contribution is 6.07. The third kappa shape index (κ3) is 3.89. The summed E-state index contributed by atoms with van der Waals surface area (Å²) in [5, 5.41) is 5.97. The topological polar surface area (TPSA) is 61.7 Å². The lowest BCUT2D eigenvalue weighted by atomic mass is 9.86. The number of hydrazone groups is 1. The number of likely N-dealkylation sites (tertiary alicyclic amines) is 1. The van der Waals surface area contributed by atoms with Crippen LogP contribution in [0.5, 0.6) is 0 Å². The molecule has 6 heteroatoms. The molecule has 0 aliphatic carbocycles. The summed E-state index contributed by atoms with van der Waals surface area (Å²) in [6, 6.07) is 0. The molecule has 1 saturated heterocycles. The first-order chi connectivity index (χ1) is 12.6. The number of amidine groups is 1. The number of hydrogen-bond acceptors (Lipinski definition) is 5. The van der Waals surface area contributed by atoms with Crippen molar-refractivity contribution in [2.24, 2.45) is 10.5 Å². The van der Waals surface area contributed by atoms with Crippen molar-refractivity contribution in [3.63, 3.8) is 0 Å². The number of aryl methyl sites for hydroxylation is 1. The minimum absolute atomic E-state index is 0.0620. The average Bonchev–Trinajstić information content (AvgIpc) is 2.80. The van der Waals surface area contributed by atoms with Crippen molar-refractivity contribution >= 4 is 17.3 Å². The number of carbonyl (C=O) groups excluding carboxylic acids is 1. The summed E-state index contributed by atoms with van der Waals surface area (Å²) in [4.78, 5) is 23.2. The second-order valence-corrected chi connectivity index (χ2v) is 6.94. The molecule has 1 aromatic heterocycles. The molecule has 0 unspecified atom stereocenters. The summed E-state index contributed by atoms with van der Waals surface area (Å²) in [6.07, 6.45) is 9.03. The normalized spacial score (nSPS) is 19.0. The summed E-state index contributed by atoms with van der Waals surface area (Å²) in [5.74, 6) is 1.20. The van der Waals surface area contributed by atoms with E-state index in [1.165, 1.54) is 0 Å². The molecule has 0 atom stereocenters. The van der Waals surface area contributed by atoms with E-state index in [1.807, 2.05) is 39.8 Å². The van der Waals surface area contributed by atoms with Crippen molar-refractivity contribution in [1.82, 2.24) is 19.9 Å². The van der Waals surface area contributed by atoms with Gasteiger partial charge < -0.3 is 0 Å². The lowest BCUT2D eigenvalue weighted by Gasteiger charge is -2.20. The largest absolute Gasteiger partial charge is 0.275 e. The maximum absolute atomic E-state index is 13.1. The van der Waals surface area contributed by atoms with E-state index in [-0.39, 0.29) is 5.91 Å². The van der Waals surface area contributed by atoms with Crippen LogP contribution < -0.4 is 0 Å². The van der Waals surface area contributed by atoms with Gasteiger partial charge in [-0.2, -0.15) is 5.10 Å². The average molecular weight is 365 g/mol. The molecule has 1 amide bonds. The number of carbonyl (C=O) groups is 1. The quantitative estimate of drug-likeness (QED) is 0.461. The molecule has 1 aliphatic rings. The number of allylic oxidation sites excluding steroid dienone is 4. The summed E-state index contributed by atoms with van der Waals surface area (Å²) < 4.78 is 0. The summed E-state index contributed by atoms with van der Waals surface area (Å²) in [5.41, 5.74) is 2.54. The minimum atomic E-state index is -0.710. The fraction of sp³-hybridized carbons (Fsp3) is 0.333. The molecule has 142 valence electrons. The second kappa shape index (κ2) is 7.70. The van der Waals surface area contributed by atoms with Crippen LogP contribution in [0, 0.1) is 12.3 Å². The Labute approximate surface area is 161 Å². The van der Waals surface area contributed by atoms with Gasteiger partial charge in [0.1, 0.15) is 11.7 Å². The molecule has 0 saturated carbocycles. The standard InChI is InChI=1S/C21H27N5O/c1-9-17(18-12-22-15(4)23-13-18)11-19-14(3)21(6,7)20(27)26(19)16(5)24-25(8)10-2/h9-13H,2-3H2,1,4-8H3/b17-9+,19-11+,24-16+. The van der Waals surface area contributed by atoms with Crippen molar-refractivity contribution in [3.8, 4) is 0 Å². The Hall–Kier alpha value is -3.02. The maximum Gasteiger partial charge on any atom is 0.242 e. The first-order valence-electron chi connectivity index (χ1n) is 8.75. The smallest absolute Gasteiger partial charge is 0.242 e. The van der Waals surface area contributed by atoms with Crippen LogP contribution in [0.1, 0.15) is 39.1 Å². The van der Waals surface area contributed by atoms with Gasteiger partial charge in [0.25, 0.3) is 0 Å². The first kappa shape index (κ1) is 20.3. The summed E-state index contributed by atoms with van der Waals surface area (Å²) in [6.45, 7) is 17.2. The van der Waals surface area contributed by atoms with E-state index in [0.717, 1.165) is 22.4 Å². The van der Waals surface area contributed by atoms with Crippen LogP contribution in [0.3, 0.4) is 0 Å². The molecule has 0 aromatic carbocycles. The van der Waals surface area contributed by atoms with Gasteiger partial charge in [0.15, 0.2) is 0 Å². The van der Waals surface area contributed by atoms with E-state index < -0.39 is 5.41 Å². The minimum Gasteiger partial charge on any atom is -0.275 e. The van der Waals surface area contributed by atoms with Crippen molar-refractivity contribution in [2.75, 3.05) is 7.05 Å². The lowest BCUT2D eigenvalue weighted by Crippen LogP contribution is -2.35. The van der Waals surface area contributed by atoms with Crippen LogP contribution in [0.25, 0.3) is 5.57 Å². The number of hydrogen-bond donors (Lipinski definition) is 0. The highest BCUT2D eigenvalue weighted by Gasteiger charge is 2.46. The Morgan fingerprint density at radius 1 is 1.33 bits per heavy atom. The van der Waals surface area contributed by atoms with E-state index in [4.69, 9.17) is 0 Å². The Kier molecular flexibility index (Phi) is 5.78. The third-order valence-electron chi connectivity index (χ3n) is 4.65. The molecule has 0 spiro atoms. The Bertz CT molecular complexity index is 859. The van der Waals surface area contributed by atoms with Crippen LogP contribution in [0.15, 0.2) is 60.3 Å². The highest BCUT2D eigenvalue weighted by atomic mass is 16.2. The third-order valence-corrected chi connectivity index (χ3v) is 4.65. The van der Waals surface area contributed by atoms with Gasteiger partial charge in [0.2, 0.25) is 5.91 Å². The van der Waals surface area contributed by atoms with Gasteiger partial charge >= 0.3 is 0 Å². The van der Waals surface area contributed by atoms with Crippen molar-refractivity contribution in [2.45, 2.75) is 34.6 Å². The van der Waals surface area contributed by atoms with Crippen molar-refractivity contribution in [1.29, 1.82) is 0 Å². The summed E-state index contributed by atoms with van der Waals surface area (Å²) in [7, 11) is 1.77. The van der Waals surface area contributed by atoms with Gasteiger partial charge in [-0.05, 0) is 51.8 Å². The first-order valence-corrected chi connectivity index (χ1v) is 8.75. The van der Waals surface area contributed by atoms with Crippen LogP contribution in [0.4, 0.5) is 0 Å². The molecule has 0 N–H and O–H groups in total. The molecular weight excluding hydrogens is 338 g/mol. The predicted molar refractivity (Wildman–Crippen MR) is 109 cm³/mol. The van der Waals surface area contributed by atoms with Gasteiger partial charge in [-0.1, -0.05) is 19.2 Å². The Balaban J connectivity index is 2.58. The molecule has 6 nitrogen and oxygen atoms in total. The molecule has 1 aromatic rings. The molecule has 0 bridgehead atoms. The van der Waals surface area contributed by atoms with E-state index in [1.54, 1.807) is 42.5 Å². The van der Waals surface area contributed by atoms with E-state index in [2.05, 4.69) is 28.2 Å². The van der Waals surface area contributed by atoms with Crippen LogP contribution in [-0.4, -0.2) is 38.7 Å². The number of aromatic nitrogens is 2. The van der Waals surface area contributed by atoms with Gasteiger partial charge in [0.05, 0.1) is 11.1 Å². The van der Waals surface area contributed by atoms with E-state index in [0.29, 0.717) is 11.7 Å². The number of amides is 1. The molecule has 27 heavy (non-hydrogen) atoms. The van der Waals surface area contributed by atoms with Crippen LogP contribution >= 0.6 is 0 Å². The van der Waals surface area contributed by atoms with Crippen LogP contribution in [0.2, 0.25) is 0 Å². The van der Waals surface area contributed by atoms with E-state index >= 15 is 0 Å². The van der Waals surface area contributed by atoms with Gasteiger partial charge in [-0.15, -0.1) is 0 Å². The van der Waals surface area contributed by atoms with Crippen molar-refractivity contribution < 1.29 is 4.79 Å². The summed E-state index contributed by atoms with van der Waals surface area (Å²) >= 11 is 0. The zero-order chi connectivity index (χ0) is 20.4. The molecule has 2 heterocycles. The van der Waals surface area contributed by atoms with Crippen LogP contribution in [-0.2, 0) is 4.79 Å². The molecule has 1 fully saturated rings. The van der Waals surface area contributed by atoms with E-state index in [9.17, 15) is 4.79 Å². The van der Waals surface area contributed by atoms with Gasteiger partial charge in [-0.25, -0.2) is 9.97 Å². The molecule has 2 rings (SSSR count). The Morgan fingerprint density at radius 3 is 2.44 bits per heavy atom. The monoisotopic (exact) mass is 365 g/mol. The highest BCUT2D eigenvalue weighted by Crippen LogP contribution is 2.43. The Morgan fingerprint density at radius 2 is 1.93 bits per heavy atom. The SMILES string of the molecule is C=CN(C)/N=C(\C)N1C(=O)C(C)(C)C(=C)/C1=C\C(=C/C)c1cnc(C)nc1. The van der Waals surface area contributed by atoms with Gasteiger partial charge in [-0.3, -0.25) is 14.7 Å². The van der Waals surface area contributed by atoms with Crippen molar-refractivity contribution in [3.05, 3.63) is 66.6 Å². The fourth-order valence-corrected chi connectivity index (χ4v) is 2.78. The maximum atomic E-state index is 13.1. The molecule has 1 aliphatic heterocycles. The molecule has 0 radical (unpaired) electrons. The predicted octanol–water partition coefficient (Wildman–Crippen LogP) is 3.91. The zero-order valence-corrected chi connectivity index (χ0v) is 16.9. The zero-order valence-electron chi connectivity index (χ0n) is 16.9. The lowest BCUT2D eigenvalue weighted by molar-refractivity contribution is -0.130. The molecular formula is C21H27N5O.